The van der Waals surface area contributed by atoms with Crippen molar-refractivity contribution in [1.82, 2.24) is 20.1 Å². The van der Waals surface area contributed by atoms with Gasteiger partial charge in [-0.1, -0.05) is 6.07 Å². The molecule has 0 spiro atoms. The summed E-state index contributed by atoms with van der Waals surface area (Å²) in [5.74, 6) is 0.415. The predicted octanol–water partition coefficient (Wildman–Crippen LogP) is 2.14. The van der Waals surface area contributed by atoms with Gasteiger partial charge < -0.3 is 5.32 Å². The molecular weight excluding hydrogens is 278 g/mol. The first kappa shape index (κ1) is 14.3. The van der Waals surface area contributed by atoms with Crippen LogP contribution in [-0.4, -0.2) is 26.2 Å². The summed E-state index contributed by atoms with van der Waals surface area (Å²) in [6.07, 6.45) is 6.57. The lowest BCUT2D eigenvalue weighted by molar-refractivity contribution is 0.0920. The molecule has 0 atom stereocenters. The molecule has 1 N–H and O–H groups in total. The Kier molecular flexibility index (Phi) is 3.63. The number of hydrogen-bond donors (Lipinski definition) is 1. The topological polar surface area (TPSA) is 83.6 Å². The second-order valence-electron chi connectivity index (χ2n) is 5.60. The molecule has 0 unspecified atom stereocenters. The zero-order chi connectivity index (χ0) is 15.6. The molecule has 0 bridgehead atoms. The number of rotatable bonds is 3. The third-order valence-corrected chi connectivity index (χ3v) is 4.14. The molecule has 0 radical (unpaired) electrons. The number of nitrogens with one attached hydrogen (secondary N) is 1. The highest BCUT2D eigenvalue weighted by molar-refractivity contribution is 5.96. The van der Waals surface area contributed by atoms with Crippen LogP contribution in [-0.2, 0) is 0 Å². The van der Waals surface area contributed by atoms with Crippen LogP contribution in [0.4, 0.5) is 0 Å². The van der Waals surface area contributed by atoms with Gasteiger partial charge >= 0.3 is 0 Å². The number of pyridine rings is 1. The molecule has 2 heterocycles. The Balaban J connectivity index is 1.86. The largest absolute Gasteiger partial charge is 0.334 e. The summed E-state index contributed by atoms with van der Waals surface area (Å²) < 4.78 is 1.63. The van der Waals surface area contributed by atoms with Crippen molar-refractivity contribution in [3.05, 3.63) is 41.9 Å². The highest BCUT2D eigenvalue weighted by Crippen LogP contribution is 2.29. The van der Waals surface area contributed by atoms with Gasteiger partial charge in [-0.25, -0.2) is 9.67 Å². The number of carbonyl (C=O) groups excluding carboxylic acids is 1. The molecule has 2 aromatic rings. The second kappa shape index (κ2) is 5.60. The van der Waals surface area contributed by atoms with Crippen molar-refractivity contribution in [3.8, 4) is 11.9 Å². The van der Waals surface area contributed by atoms with Crippen LogP contribution in [0.25, 0.3) is 5.82 Å². The van der Waals surface area contributed by atoms with Crippen LogP contribution in [0.5, 0.6) is 0 Å². The van der Waals surface area contributed by atoms with E-state index < -0.39 is 5.54 Å². The van der Waals surface area contributed by atoms with E-state index in [-0.39, 0.29) is 5.91 Å². The molecule has 1 amide bonds. The average molecular weight is 295 g/mol. The smallest absolute Gasteiger partial charge is 0.256 e. The number of carbonyl (C=O) groups is 1. The summed E-state index contributed by atoms with van der Waals surface area (Å²) in [6, 6.07) is 7.79. The lowest BCUT2D eigenvalue weighted by Gasteiger charge is -2.21. The minimum atomic E-state index is -0.726. The second-order valence-corrected chi connectivity index (χ2v) is 5.60. The lowest BCUT2D eigenvalue weighted by Crippen LogP contribution is -2.45. The van der Waals surface area contributed by atoms with Crippen LogP contribution < -0.4 is 5.32 Å². The van der Waals surface area contributed by atoms with E-state index in [1.807, 2.05) is 25.1 Å². The minimum Gasteiger partial charge on any atom is -0.334 e. The van der Waals surface area contributed by atoms with Gasteiger partial charge in [-0.15, -0.1) is 0 Å². The van der Waals surface area contributed by atoms with E-state index in [1.165, 1.54) is 6.20 Å². The Labute approximate surface area is 128 Å². The number of nitrogens with zero attached hydrogens (tertiary/aromatic N) is 4. The number of hydrogen-bond acceptors (Lipinski definition) is 4. The molecule has 1 fully saturated rings. The van der Waals surface area contributed by atoms with E-state index in [0.29, 0.717) is 29.9 Å². The van der Waals surface area contributed by atoms with Crippen LogP contribution in [0.2, 0.25) is 0 Å². The molecule has 1 aliphatic carbocycles. The molecule has 0 saturated heterocycles. The highest BCUT2D eigenvalue weighted by atomic mass is 16.1. The molecule has 6 nitrogen and oxygen atoms in total. The molecule has 1 saturated carbocycles. The maximum absolute atomic E-state index is 12.5. The van der Waals surface area contributed by atoms with Crippen molar-refractivity contribution in [2.45, 2.75) is 38.1 Å². The molecule has 3 rings (SSSR count). The Morgan fingerprint density at radius 2 is 2.18 bits per heavy atom. The standard InChI is InChI=1S/C16H17N5O/c1-12-13(10-19-21(12)14-6-2-5-9-18-14)15(22)20-16(11-17)7-3-4-8-16/h2,5-6,9-10H,3-4,7-8H2,1H3,(H,20,22). The Bertz CT molecular complexity index is 723. The van der Waals surface area contributed by atoms with Crippen LogP contribution in [0, 0.1) is 18.3 Å². The van der Waals surface area contributed by atoms with Crippen molar-refractivity contribution < 1.29 is 4.79 Å². The Morgan fingerprint density at radius 3 is 2.82 bits per heavy atom. The summed E-state index contributed by atoms with van der Waals surface area (Å²) in [4.78, 5) is 16.7. The van der Waals surface area contributed by atoms with E-state index in [4.69, 9.17) is 0 Å². The van der Waals surface area contributed by atoms with E-state index in [1.54, 1.807) is 10.9 Å². The van der Waals surface area contributed by atoms with E-state index in [2.05, 4.69) is 21.5 Å². The normalized spacial score (nSPS) is 16.2. The summed E-state index contributed by atoms with van der Waals surface area (Å²) in [5.41, 5.74) is 0.464. The fourth-order valence-corrected chi connectivity index (χ4v) is 2.87. The minimum absolute atomic E-state index is 0.247. The van der Waals surface area contributed by atoms with Gasteiger partial charge in [0, 0.05) is 6.20 Å². The van der Waals surface area contributed by atoms with Crippen molar-refractivity contribution in [2.75, 3.05) is 0 Å². The molecule has 6 heteroatoms. The summed E-state index contributed by atoms with van der Waals surface area (Å²) in [5, 5.41) is 16.5. The third-order valence-electron chi connectivity index (χ3n) is 4.14. The van der Waals surface area contributed by atoms with Crippen LogP contribution in [0.3, 0.4) is 0 Å². The molecule has 112 valence electrons. The van der Waals surface area contributed by atoms with Crippen molar-refractivity contribution in [3.63, 3.8) is 0 Å². The predicted molar refractivity (Wildman–Crippen MR) is 80.4 cm³/mol. The van der Waals surface area contributed by atoms with Crippen LogP contribution in [0.1, 0.15) is 41.7 Å². The van der Waals surface area contributed by atoms with Crippen molar-refractivity contribution >= 4 is 5.91 Å². The molecule has 0 aromatic carbocycles. The fourth-order valence-electron chi connectivity index (χ4n) is 2.87. The monoisotopic (exact) mass is 295 g/mol. The first-order valence-electron chi connectivity index (χ1n) is 7.35. The molecule has 2 aromatic heterocycles. The molecule has 1 aliphatic rings. The number of nitriles is 1. The van der Waals surface area contributed by atoms with Gasteiger partial charge in [0.1, 0.15) is 5.54 Å². The Morgan fingerprint density at radius 1 is 1.41 bits per heavy atom. The summed E-state index contributed by atoms with van der Waals surface area (Å²) in [7, 11) is 0. The van der Waals surface area contributed by atoms with E-state index in [9.17, 15) is 10.1 Å². The molecular formula is C16H17N5O. The van der Waals surface area contributed by atoms with E-state index >= 15 is 0 Å². The first-order valence-corrected chi connectivity index (χ1v) is 7.35. The van der Waals surface area contributed by atoms with Gasteiger partial charge in [0.05, 0.1) is 23.5 Å². The van der Waals surface area contributed by atoms with Crippen molar-refractivity contribution in [1.29, 1.82) is 5.26 Å². The Hall–Kier alpha value is -2.68. The maximum atomic E-state index is 12.5. The van der Waals surface area contributed by atoms with E-state index in [0.717, 1.165) is 12.8 Å². The zero-order valence-electron chi connectivity index (χ0n) is 12.4. The summed E-state index contributed by atoms with van der Waals surface area (Å²) in [6.45, 7) is 1.82. The molecule has 22 heavy (non-hydrogen) atoms. The first-order chi connectivity index (χ1) is 10.7. The maximum Gasteiger partial charge on any atom is 0.256 e. The van der Waals surface area contributed by atoms with Crippen LogP contribution >= 0.6 is 0 Å². The van der Waals surface area contributed by atoms with Crippen molar-refractivity contribution in [2.24, 2.45) is 0 Å². The van der Waals surface area contributed by atoms with Gasteiger partial charge in [-0.2, -0.15) is 10.4 Å². The van der Waals surface area contributed by atoms with Gasteiger partial charge in [0.2, 0.25) is 0 Å². The highest BCUT2D eigenvalue weighted by Gasteiger charge is 2.36. The third kappa shape index (κ3) is 2.46. The van der Waals surface area contributed by atoms with Gasteiger partial charge in [0.25, 0.3) is 5.91 Å². The number of amides is 1. The SMILES string of the molecule is Cc1c(C(=O)NC2(C#N)CCCC2)cnn1-c1ccccn1. The van der Waals surface area contributed by atoms with Gasteiger partial charge in [-0.3, -0.25) is 4.79 Å². The lowest BCUT2D eigenvalue weighted by atomic mass is 9.99. The summed E-state index contributed by atoms with van der Waals surface area (Å²) >= 11 is 0. The zero-order valence-corrected chi connectivity index (χ0v) is 12.4. The van der Waals surface area contributed by atoms with Gasteiger partial charge in [0.15, 0.2) is 5.82 Å². The number of aromatic nitrogens is 3. The van der Waals surface area contributed by atoms with Gasteiger partial charge in [-0.05, 0) is 44.7 Å². The van der Waals surface area contributed by atoms with Crippen LogP contribution in [0.15, 0.2) is 30.6 Å². The fraction of sp³-hybridized carbons (Fsp3) is 0.375. The average Bonchev–Trinajstić information content (AvgIpc) is 3.15. The molecule has 0 aliphatic heterocycles. The quantitative estimate of drug-likeness (QED) is 0.940.